The first-order valence-electron chi connectivity index (χ1n) is 7.60. The topological polar surface area (TPSA) is 59.8 Å². The van der Waals surface area contributed by atoms with Crippen LogP contribution >= 0.6 is 0 Å². The summed E-state index contributed by atoms with van der Waals surface area (Å²) in [4.78, 5) is 16.5. The summed E-state index contributed by atoms with van der Waals surface area (Å²) in [5, 5.41) is 6.98. The van der Waals surface area contributed by atoms with Gasteiger partial charge in [0.15, 0.2) is 5.82 Å². The number of benzene rings is 2. The summed E-state index contributed by atoms with van der Waals surface area (Å²) in [5.74, 6) is 0.643. The van der Waals surface area contributed by atoms with Gasteiger partial charge in [-0.1, -0.05) is 48.5 Å². The zero-order valence-electron chi connectivity index (χ0n) is 13.2. The third kappa shape index (κ3) is 3.65. The minimum absolute atomic E-state index is 0.0273. The second-order valence-electron chi connectivity index (χ2n) is 5.37. The number of rotatable bonds is 5. The van der Waals surface area contributed by atoms with Crippen molar-refractivity contribution >= 4 is 5.91 Å². The lowest BCUT2D eigenvalue weighted by Crippen LogP contribution is -2.28. The molecule has 1 N–H and O–H groups in total. The summed E-state index contributed by atoms with van der Waals surface area (Å²) in [6.45, 7) is 1.94. The van der Waals surface area contributed by atoms with Gasteiger partial charge in [-0.3, -0.25) is 4.79 Å². The van der Waals surface area contributed by atoms with Crippen LogP contribution in [0, 0.1) is 12.7 Å². The average Bonchev–Trinajstić information content (AvgIpc) is 2.95. The van der Waals surface area contributed by atoms with Gasteiger partial charge in [0.1, 0.15) is 18.2 Å². The monoisotopic (exact) mass is 324 g/mol. The van der Waals surface area contributed by atoms with Gasteiger partial charge in [-0.05, 0) is 13.0 Å². The van der Waals surface area contributed by atoms with E-state index in [2.05, 4.69) is 15.4 Å². The van der Waals surface area contributed by atoms with Crippen molar-refractivity contribution in [2.24, 2.45) is 0 Å². The molecular formula is C18H17FN4O. The van der Waals surface area contributed by atoms with E-state index in [-0.39, 0.29) is 24.8 Å². The normalized spacial score (nSPS) is 10.6. The molecule has 1 heterocycles. The van der Waals surface area contributed by atoms with Crippen LogP contribution in [0.2, 0.25) is 0 Å². The molecule has 0 aliphatic carbocycles. The van der Waals surface area contributed by atoms with Crippen LogP contribution in [0.5, 0.6) is 0 Å². The van der Waals surface area contributed by atoms with E-state index in [0.29, 0.717) is 17.2 Å². The van der Waals surface area contributed by atoms with Gasteiger partial charge < -0.3 is 5.32 Å². The summed E-state index contributed by atoms with van der Waals surface area (Å²) in [7, 11) is 0. The third-order valence-corrected chi connectivity index (χ3v) is 3.54. The molecule has 5 nitrogen and oxygen atoms in total. The predicted molar refractivity (Wildman–Crippen MR) is 88.4 cm³/mol. The van der Waals surface area contributed by atoms with E-state index < -0.39 is 0 Å². The van der Waals surface area contributed by atoms with Crippen LogP contribution in [0.4, 0.5) is 4.39 Å². The summed E-state index contributed by atoms with van der Waals surface area (Å²) in [6, 6.07) is 15.9. The Bertz CT molecular complexity index is 845. The number of aromatic nitrogens is 3. The Labute approximate surface area is 139 Å². The number of amides is 1. The molecule has 0 fully saturated rings. The predicted octanol–water partition coefficient (Wildman–Crippen LogP) is 2.71. The van der Waals surface area contributed by atoms with E-state index in [0.717, 1.165) is 5.56 Å². The molecule has 3 aromatic rings. The van der Waals surface area contributed by atoms with Gasteiger partial charge in [0, 0.05) is 17.7 Å². The molecular weight excluding hydrogens is 307 g/mol. The molecule has 0 atom stereocenters. The van der Waals surface area contributed by atoms with Gasteiger partial charge in [-0.2, -0.15) is 5.10 Å². The lowest BCUT2D eigenvalue weighted by atomic mass is 10.2. The lowest BCUT2D eigenvalue weighted by Gasteiger charge is -2.08. The van der Waals surface area contributed by atoms with E-state index in [1.54, 1.807) is 29.8 Å². The fourth-order valence-electron chi connectivity index (χ4n) is 2.39. The van der Waals surface area contributed by atoms with E-state index in [4.69, 9.17) is 0 Å². The van der Waals surface area contributed by atoms with Crippen LogP contribution < -0.4 is 5.32 Å². The highest BCUT2D eigenvalue weighted by Crippen LogP contribution is 2.16. The van der Waals surface area contributed by atoms with Crippen molar-refractivity contribution < 1.29 is 9.18 Å². The Morgan fingerprint density at radius 3 is 2.58 bits per heavy atom. The van der Waals surface area contributed by atoms with Crippen molar-refractivity contribution in [2.75, 3.05) is 0 Å². The Balaban J connectivity index is 1.70. The van der Waals surface area contributed by atoms with Crippen molar-refractivity contribution in [1.29, 1.82) is 0 Å². The Hall–Kier alpha value is -3.02. The maximum Gasteiger partial charge on any atom is 0.242 e. The Morgan fingerprint density at radius 2 is 1.83 bits per heavy atom. The van der Waals surface area contributed by atoms with Gasteiger partial charge in [0.2, 0.25) is 5.91 Å². The number of hydrogen-bond acceptors (Lipinski definition) is 3. The molecule has 0 spiro atoms. The number of hydrogen-bond donors (Lipinski definition) is 1. The third-order valence-electron chi connectivity index (χ3n) is 3.54. The summed E-state index contributed by atoms with van der Waals surface area (Å²) in [5.41, 5.74) is 1.34. The second kappa shape index (κ2) is 7.04. The fourth-order valence-corrected chi connectivity index (χ4v) is 2.39. The van der Waals surface area contributed by atoms with Crippen molar-refractivity contribution in [1.82, 2.24) is 20.1 Å². The molecule has 24 heavy (non-hydrogen) atoms. The maximum absolute atomic E-state index is 13.6. The quantitative estimate of drug-likeness (QED) is 0.785. The van der Waals surface area contributed by atoms with Gasteiger partial charge in [0.05, 0.1) is 0 Å². The van der Waals surface area contributed by atoms with Crippen LogP contribution in [-0.4, -0.2) is 20.7 Å². The standard InChI is InChI=1S/C18H17FN4O/c1-13-21-18(14-7-3-2-4-8-14)23(22-13)12-17(24)20-11-15-9-5-6-10-16(15)19/h2-10H,11-12H2,1H3,(H,20,24). The van der Waals surface area contributed by atoms with Gasteiger partial charge >= 0.3 is 0 Å². The molecule has 1 amide bonds. The molecule has 2 aromatic carbocycles. The van der Waals surface area contributed by atoms with Crippen LogP contribution in [0.1, 0.15) is 11.4 Å². The number of nitrogens with one attached hydrogen (secondary N) is 1. The number of nitrogens with zero attached hydrogens (tertiary/aromatic N) is 3. The molecule has 0 saturated heterocycles. The first-order chi connectivity index (χ1) is 11.6. The molecule has 122 valence electrons. The fraction of sp³-hybridized carbons (Fsp3) is 0.167. The van der Waals surface area contributed by atoms with Crippen molar-refractivity contribution in [2.45, 2.75) is 20.0 Å². The number of aryl methyl sites for hydroxylation is 1. The molecule has 0 saturated carbocycles. The van der Waals surface area contributed by atoms with E-state index in [1.165, 1.54) is 6.07 Å². The molecule has 3 rings (SSSR count). The smallest absolute Gasteiger partial charge is 0.242 e. The minimum atomic E-state index is -0.334. The molecule has 0 radical (unpaired) electrons. The second-order valence-corrected chi connectivity index (χ2v) is 5.37. The molecule has 6 heteroatoms. The molecule has 0 unspecified atom stereocenters. The largest absolute Gasteiger partial charge is 0.350 e. The SMILES string of the molecule is Cc1nc(-c2ccccc2)n(CC(=O)NCc2ccccc2F)n1. The van der Waals surface area contributed by atoms with Crippen molar-refractivity contribution in [3.05, 3.63) is 71.8 Å². The average molecular weight is 324 g/mol. The molecule has 0 aliphatic heterocycles. The first kappa shape index (κ1) is 15.9. The van der Waals surface area contributed by atoms with Gasteiger partial charge in [-0.25, -0.2) is 14.1 Å². The van der Waals surface area contributed by atoms with Crippen molar-refractivity contribution in [3.8, 4) is 11.4 Å². The van der Waals surface area contributed by atoms with E-state index in [9.17, 15) is 9.18 Å². The Kier molecular flexibility index (Phi) is 4.65. The van der Waals surface area contributed by atoms with Crippen LogP contribution in [0.25, 0.3) is 11.4 Å². The number of halogens is 1. The first-order valence-corrected chi connectivity index (χ1v) is 7.60. The zero-order chi connectivity index (χ0) is 16.9. The van der Waals surface area contributed by atoms with Crippen LogP contribution in [0.15, 0.2) is 54.6 Å². The minimum Gasteiger partial charge on any atom is -0.350 e. The molecule has 1 aromatic heterocycles. The highest BCUT2D eigenvalue weighted by atomic mass is 19.1. The molecule has 0 bridgehead atoms. The lowest BCUT2D eigenvalue weighted by molar-refractivity contribution is -0.122. The zero-order valence-corrected chi connectivity index (χ0v) is 13.2. The van der Waals surface area contributed by atoms with Crippen LogP contribution in [-0.2, 0) is 17.9 Å². The highest BCUT2D eigenvalue weighted by Gasteiger charge is 2.13. The highest BCUT2D eigenvalue weighted by molar-refractivity contribution is 5.76. The van der Waals surface area contributed by atoms with Gasteiger partial charge in [0.25, 0.3) is 0 Å². The number of carbonyl (C=O) groups is 1. The van der Waals surface area contributed by atoms with Gasteiger partial charge in [-0.15, -0.1) is 0 Å². The summed E-state index contributed by atoms with van der Waals surface area (Å²) >= 11 is 0. The number of carbonyl (C=O) groups excluding carboxylic acids is 1. The maximum atomic E-state index is 13.6. The van der Waals surface area contributed by atoms with E-state index >= 15 is 0 Å². The van der Waals surface area contributed by atoms with E-state index in [1.807, 2.05) is 30.3 Å². The molecule has 0 aliphatic rings. The Morgan fingerprint density at radius 1 is 1.12 bits per heavy atom. The van der Waals surface area contributed by atoms with Crippen molar-refractivity contribution in [3.63, 3.8) is 0 Å². The van der Waals surface area contributed by atoms with Crippen LogP contribution in [0.3, 0.4) is 0 Å². The summed E-state index contributed by atoms with van der Waals surface area (Å²) < 4.78 is 15.1. The summed E-state index contributed by atoms with van der Waals surface area (Å²) in [6.07, 6.45) is 0.